The molecule has 0 saturated heterocycles. The largest absolute Gasteiger partial charge is 0.294 e. The predicted molar refractivity (Wildman–Crippen MR) is 113 cm³/mol. The topological polar surface area (TPSA) is 120 Å². The van der Waals surface area contributed by atoms with Crippen LogP contribution in [0.25, 0.3) is 12.2 Å². The lowest BCUT2D eigenvalue weighted by Crippen LogP contribution is -2.37. The molecule has 2 fully saturated rings. The van der Waals surface area contributed by atoms with Crippen LogP contribution in [0.4, 0.5) is 11.4 Å². The van der Waals surface area contributed by atoms with E-state index in [1.807, 2.05) is 0 Å². The molecule has 31 heavy (non-hydrogen) atoms. The monoisotopic (exact) mass is 418 g/mol. The van der Waals surface area contributed by atoms with Crippen LogP contribution in [0.1, 0.15) is 30.4 Å². The average molecular weight is 418 g/mol. The average Bonchev–Trinajstić information content (AvgIpc) is 2.75. The smallest absolute Gasteiger partial charge is 0.269 e. The second kappa shape index (κ2) is 8.06. The van der Waals surface area contributed by atoms with Crippen LogP contribution in [0.3, 0.4) is 0 Å². The highest BCUT2D eigenvalue weighted by Crippen LogP contribution is 2.41. The molecule has 0 radical (unpaired) electrons. The summed E-state index contributed by atoms with van der Waals surface area (Å²) in [5.41, 5.74) is 2.46. The quantitative estimate of drug-likeness (QED) is 0.408. The fourth-order valence-electron chi connectivity index (χ4n) is 4.21. The van der Waals surface area contributed by atoms with Gasteiger partial charge >= 0.3 is 0 Å². The molecule has 2 atom stereocenters. The van der Waals surface area contributed by atoms with E-state index in [0.29, 0.717) is 41.5 Å². The van der Waals surface area contributed by atoms with Crippen molar-refractivity contribution < 1.29 is 19.4 Å². The van der Waals surface area contributed by atoms with Crippen molar-refractivity contribution in [3.8, 4) is 0 Å². The van der Waals surface area contributed by atoms with Crippen LogP contribution >= 0.6 is 0 Å². The van der Waals surface area contributed by atoms with Gasteiger partial charge in [-0.15, -0.1) is 0 Å². The Morgan fingerprint density at radius 2 is 1.03 bits per heavy atom. The fraction of sp³-hybridized carbons (Fsp3) is 0.217. The molecule has 2 saturated carbocycles. The van der Waals surface area contributed by atoms with Gasteiger partial charge in [-0.25, -0.2) is 0 Å². The number of carbonyl (C=O) groups is 2. The Labute approximate surface area is 177 Å². The first kappa shape index (κ1) is 20.3. The van der Waals surface area contributed by atoms with Gasteiger partial charge in [0.25, 0.3) is 11.4 Å². The first-order valence-electron chi connectivity index (χ1n) is 9.80. The summed E-state index contributed by atoms with van der Waals surface area (Å²) in [6, 6.07) is 11.9. The minimum Gasteiger partial charge on any atom is -0.294 e. The van der Waals surface area contributed by atoms with Crippen LogP contribution in [-0.2, 0) is 9.59 Å². The molecule has 0 spiro atoms. The van der Waals surface area contributed by atoms with E-state index in [0.717, 1.165) is 0 Å². The standard InChI is InChI=1S/C23H18N2O6/c26-22-16(9-14-1-5-20(6-2-14)24(28)29)11-18-13-19(22)12-17(23(18)27)10-15-3-7-21(8-4-15)25(30)31/h1-10,18-19H,11-13H2/b16-9-,17-10+. The highest BCUT2D eigenvalue weighted by molar-refractivity contribution is 6.10. The highest BCUT2D eigenvalue weighted by Gasteiger charge is 2.41. The van der Waals surface area contributed by atoms with Gasteiger partial charge in [-0.05, 0) is 78.0 Å². The summed E-state index contributed by atoms with van der Waals surface area (Å²) in [5, 5.41) is 21.6. The summed E-state index contributed by atoms with van der Waals surface area (Å²) in [4.78, 5) is 46.5. The molecule has 0 N–H and O–H groups in total. The number of allylic oxidation sites excluding steroid dienone is 2. The van der Waals surface area contributed by atoms with Crippen molar-refractivity contribution in [3.05, 3.63) is 91.0 Å². The third kappa shape index (κ3) is 4.18. The van der Waals surface area contributed by atoms with Crippen molar-refractivity contribution in [2.75, 3.05) is 0 Å². The van der Waals surface area contributed by atoms with Gasteiger partial charge in [0, 0.05) is 36.1 Å². The summed E-state index contributed by atoms with van der Waals surface area (Å²) in [6.45, 7) is 0. The highest BCUT2D eigenvalue weighted by atomic mass is 16.6. The molecule has 2 aromatic rings. The number of nitro benzene ring substituents is 2. The minimum atomic E-state index is -0.482. The summed E-state index contributed by atoms with van der Waals surface area (Å²) in [7, 11) is 0. The van der Waals surface area contributed by atoms with E-state index in [9.17, 15) is 29.8 Å². The van der Waals surface area contributed by atoms with Gasteiger partial charge in [-0.1, -0.05) is 0 Å². The van der Waals surface area contributed by atoms with Crippen LogP contribution < -0.4 is 0 Å². The first-order chi connectivity index (χ1) is 14.8. The molecule has 0 aromatic heterocycles. The second-order valence-corrected chi connectivity index (χ2v) is 7.80. The molecule has 0 aliphatic heterocycles. The molecule has 4 rings (SSSR count). The molecule has 156 valence electrons. The Bertz CT molecular complexity index is 1050. The zero-order valence-corrected chi connectivity index (χ0v) is 16.4. The molecule has 2 bridgehead atoms. The summed E-state index contributed by atoms with van der Waals surface area (Å²) < 4.78 is 0. The van der Waals surface area contributed by atoms with Crippen LogP contribution in [0.15, 0.2) is 59.7 Å². The lowest BCUT2D eigenvalue weighted by Gasteiger charge is -2.35. The van der Waals surface area contributed by atoms with Gasteiger partial charge in [0.2, 0.25) is 0 Å². The molecule has 2 unspecified atom stereocenters. The lowest BCUT2D eigenvalue weighted by atomic mass is 9.66. The molecule has 2 aromatic carbocycles. The maximum atomic E-state index is 12.9. The van der Waals surface area contributed by atoms with Crippen molar-refractivity contribution in [2.45, 2.75) is 19.3 Å². The summed E-state index contributed by atoms with van der Waals surface area (Å²) >= 11 is 0. The molecule has 8 nitrogen and oxygen atoms in total. The molecular weight excluding hydrogens is 400 g/mol. The van der Waals surface area contributed by atoms with Gasteiger partial charge in [-0.3, -0.25) is 29.8 Å². The Morgan fingerprint density at radius 3 is 1.35 bits per heavy atom. The van der Waals surface area contributed by atoms with Crippen molar-refractivity contribution in [2.24, 2.45) is 11.8 Å². The van der Waals surface area contributed by atoms with Gasteiger partial charge in [0.05, 0.1) is 9.85 Å². The number of hydrogen-bond acceptors (Lipinski definition) is 6. The van der Waals surface area contributed by atoms with E-state index in [1.165, 1.54) is 24.3 Å². The lowest BCUT2D eigenvalue weighted by molar-refractivity contribution is -0.385. The van der Waals surface area contributed by atoms with Crippen molar-refractivity contribution in [3.63, 3.8) is 0 Å². The summed E-state index contributed by atoms with van der Waals surface area (Å²) in [6.07, 6.45) is 4.62. The number of nitro groups is 2. The molecule has 2 aliphatic rings. The van der Waals surface area contributed by atoms with E-state index in [4.69, 9.17) is 0 Å². The zero-order chi connectivity index (χ0) is 22.1. The van der Waals surface area contributed by atoms with E-state index in [2.05, 4.69) is 0 Å². The van der Waals surface area contributed by atoms with Crippen molar-refractivity contribution in [1.29, 1.82) is 0 Å². The summed E-state index contributed by atoms with van der Waals surface area (Å²) in [5.74, 6) is -0.580. The number of rotatable bonds is 4. The third-order valence-electron chi connectivity index (χ3n) is 5.77. The van der Waals surface area contributed by atoms with Crippen LogP contribution in [0, 0.1) is 32.1 Å². The van der Waals surface area contributed by atoms with Gasteiger partial charge in [0.15, 0.2) is 11.6 Å². The number of hydrogen-bond donors (Lipinski definition) is 0. The molecule has 0 heterocycles. The van der Waals surface area contributed by atoms with Gasteiger partial charge in [-0.2, -0.15) is 0 Å². The zero-order valence-electron chi connectivity index (χ0n) is 16.4. The number of non-ortho nitro benzene ring substituents is 2. The minimum absolute atomic E-state index is 0.00305. The molecular formula is C23H18N2O6. The number of ketones is 2. The van der Waals surface area contributed by atoms with Gasteiger partial charge in [0.1, 0.15) is 0 Å². The van der Waals surface area contributed by atoms with E-state index in [1.54, 1.807) is 36.4 Å². The maximum Gasteiger partial charge on any atom is 0.269 e. The van der Waals surface area contributed by atoms with Crippen LogP contribution in [0.5, 0.6) is 0 Å². The second-order valence-electron chi connectivity index (χ2n) is 7.80. The third-order valence-corrected chi connectivity index (χ3v) is 5.77. The number of benzene rings is 2. The van der Waals surface area contributed by atoms with Gasteiger partial charge < -0.3 is 0 Å². The normalized spacial score (nSPS) is 23.2. The Balaban J connectivity index is 1.55. The predicted octanol–water partition coefficient (Wildman–Crippen LogP) is 4.54. The van der Waals surface area contributed by atoms with Crippen molar-refractivity contribution >= 4 is 35.1 Å². The first-order valence-corrected chi connectivity index (χ1v) is 9.80. The number of Topliss-reactive ketones (excluding diaryl/α,β-unsaturated/α-hetero) is 2. The fourth-order valence-corrected chi connectivity index (χ4v) is 4.21. The van der Waals surface area contributed by atoms with Crippen molar-refractivity contribution in [1.82, 2.24) is 0 Å². The molecule has 0 amide bonds. The number of nitrogens with zero attached hydrogens (tertiary/aromatic N) is 2. The number of fused-ring (bicyclic) bond motifs is 2. The van der Waals surface area contributed by atoms with E-state index >= 15 is 0 Å². The Hall–Kier alpha value is -3.94. The maximum absolute atomic E-state index is 12.9. The SMILES string of the molecule is O=C1/C(=C\c2ccc([N+](=O)[O-])cc2)CC2CC1C/C(=C\c1ccc([N+](=O)[O-])cc1)C2=O. The van der Waals surface area contributed by atoms with Crippen LogP contribution in [0.2, 0.25) is 0 Å². The molecule has 8 heteroatoms. The number of carbonyl (C=O) groups excluding carboxylic acids is 2. The Morgan fingerprint density at radius 1 is 0.677 bits per heavy atom. The van der Waals surface area contributed by atoms with E-state index in [-0.39, 0.29) is 34.8 Å². The Kier molecular flexibility index (Phi) is 5.29. The molecule has 2 aliphatic carbocycles. The van der Waals surface area contributed by atoms with Crippen LogP contribution in [-0.4, -0.2) is 21.4 Å². The van der Waals surface area contributed by atoms with E-state index < -0.39 is 9.85 Å².